The van der Waals surface area contributed by atoms with Gasteiger partial charge in [0.2, 0.25) is 0 Å². The summed E-state index contributed by atoms with van der Waals surface area (Å²) in [6.45, 7) is 3.08. The number of H-pyrrole nitrogens is 1. The van der Waals surface area contributed by atoms with Crippen molar-refractivity contribution in [1.29, 1.82) is 0 Å². The Labute approximate surface area is 244 Å². The minimum atomic E-state index is 0.300. The van der Waals surface area contributed by atoms with Gasteiger partial charge < -0.3 is 26.7 Å². The van der Waals surface area contributed by atoms with E-state index < -0.39 is 0 Å². The van der Waals surface area contributed by atoms with E-state index >= 15 is 0 Å². The van der Waals surface area contributed by atoms with Gasteiger partial charge >= 0.3 is 0 Å². The van der Waals surface area contributed by atoms with Gasteiger partial charge in [0.15, 0.2) is 0 Å². The second kappa shape index (κ2) is 11.4. The third-order valence-corrected chi connectivity index (χ3v) is 9.95. The topological polar surface area (TPSA) is 90.8 Å². The fraction of sp³-hybridized carbons (Fsp3) is 0.457. The molecule has 0 amide bonds. The van der Waals surface area contributed by atoms with Gasteiger partial charge in [0.25, 0.3) is 0 Å². The molecule has 2 aromatic carbocycles. The molecule has 2 aliphatic carbocycles. The first-order chi connectivity index (χ1) is 20.2. The van der Waals surface area contributed by atoms with Crippen LogP contribution in [0.2, 0.25) is 0 Å². The Kier molecular flexibility index (Phi) is 7.33. The molecular formula is C35H42N6. The van der Waals surface area contributed by atoms with Crippen molar-refractivity contribution >= 4 is 5.70 Å². The Morgan fingerprint density at radius 2 is 1.80 bits per heavy atom. The lowest BCUT2D eigenvalue weighted by Gasteiger charge is -2.27. The van der Waals surface area contributed by atoms with E-state index in [1.54, 1.807) is 11.8 Å². The van der Waals surface area contributed by atoms with Crippen molar-refractivity contribution in [2.75, 3.05) is 19.6 Å². The number of benzene rings is 2. The first kappa shape index (κ1) is 26.4. The molecule has 2 saturated heterocycles. The summed E-state index contributed by atoms with van der Waals surface area (Å²) in [5.41, 5.74) is 16.3. The summed E-state index contributed by atoms with van der Waals surface area (Å²) >= 11 is 0. The van der Waals surface area contributed by atoms with Crippen LogP contribution >= 0.6 is 0 Å². The van der Waals surface area contributed by atoms with Crippen LogP contribution in [0.3, 0.4) is 0 Å². The number of nitrogens with two attached hydrogens (primary N) is 1. The van der Waals surface area contributed by atoms with Crippen molar-refractivity contribution < 1.29 is 0 Å². The number of aromatic nitrogens is 2. The van der Waals surface area contributed by atoms with E-state index in [-0.39, 0.29) is 0 Å². The zero-order valence-electron chi connectivity index (χ0n) is 24.0. The number of hydrogen-bond donors (Lipinski definition) is 5. The zero-order chi connectivity index (χ0) is 27.6. The Morgan fingerprint density at radius 1 is 0.976 bits per heavy atom. The summed E-state index contributed by atoms with van der Waals surface area (Å²) in [6.07, 6.45) is 16.0. The highest BCUT2D eigenvalue weighted by molar-refractivity contribution is 5.76. The SMILES string of the molecule is N/C=C(\NC[C@@H]1CCCN1)c1ccc(-c2ccc(C#Cc3cnc([C@@H]4CCCN4)[nH]3)c3c2C2(CCCC2)CC3)cc1. The van der Waals surface area contributed by atoms with Gasteiger partial charge in [-0.1, -0.05) is 49.1 Å². The molecular weight excluding hydrogens is 504 g/mol. The first-order valence-electron chi connectivity index (χ1n) is 15.7. The first-order valence-corrected chi connectivity index (χ1v) is 15.7. The van der Waals surface area contributed by atoms with Crippen LogP contribution in [0.15, 0.2) is 48.8 Å². The third-order valence-electron chi connectivity index (χ3n) is 9.95. The summed E-state index contributed by atoms with van der Waals surface area (Å²) in [5.74, 6) is 7.96. The number of nitrogens with one attached hydrogen (secondary N) is 4. The van der Waals surface area contributed by atoms with Crippen molar-refractivity contribution in [3.63, 3.8) is 0 Å². The Hall–Kier alpha value is -3.53. The number of fused-ring (bicyclic) bond motifs is 2. The second-order valence-corrected chi connectivity index (χ2v) is 12.4. The van der Waals surface area contributed by atoms with Crippen LogP contribution in [0.5, 0.6) is 0 Å². The van der Waals surface area contributed by atoms with Crippen LogP contribution in [0, 0.1) is 11.8 Å². The predicted molar refractivity (Wildman–Crippen MR) is 166 cm³/mol. The van der Waals surface area contributed by atoms with Gasteiger partial charge in [-0.05, 0) is 110 Å². The molecule has 2 aliphatic heterocycles. The molecule has 3 fully saturated rings. The minimum Gasteiger partial charge on any atom is -0.403 e. The largest absolute Gasteiger partial charge is 0.403 e. The molecule has 3 aromatic rings. The Morgan fingerprint density at radius 3 is 2.56 bits per heavy atom. The molecule has 3 heterocycles. The highest BCUT2D eigenvalue weighted by atomic mass is 15.0. The van der Waals surface area contributed by atoms with Crippen molar-refractivity contribution in [1.82, 2.24) is 25.9 Å². The van der Waals surface area contributed by atoms with Crippen molar-refractivity contribution in [2.45, 2.75) is 81.7 Å². The molecule has 0 unspecified atom stereocenters. The van der Waals surface area contributed by atoms with E-state index in [1.165, 1.54) is 73.6 Å². The van der Waals surface area contributed by atoms with Gasteiger partial charge in [0.05, 0.1) is 17.9 Å². The van der Waals surface area contributed by atoms with Gasteiger partial charge in [-0.2, -0.15) is 0 Å². The lowest BCUT2D eigenvalue weighted by atomic mass is 9.76. The number of rotatable bonds is 6. The van der Waals surface area contributed by atoms with Crippen molar-refractivity contribution in [3.05, 3.63) is 82.6 Å². The maximum absolute atomic E-state index is 6.04. The van der Waals surface area contributed by atoms with E-state index in [2.05, 4.69) is 74.2 Å². The average molecular weight is 547 g/mol. The average Bonchev–Trinajstić information content (AvgIpc) is 3.85. The van der Waals surface area contributed by atoms with Crippen LogP contribution in [0.4, 0.5) is 0 Å². The van der Waals surface area contributed by atoms with E-state index in [0.717, 1.165) is 55.3 Å². The normalized spacial score (nSPS) is 23.1. The monoisotopic (exact) mass is 546 g/mol. The van der Waals surface area contributed by atoms with Crippen LogP contribution < -0.4 is 21.7 Å². The summed E-state index contributed by atoms with van der Waals surface area (Å²) in [6, 6.07) is 14.4. The lowest BCUT2D eigenvalue weighted by molar-refractivity contribution is 0.440. The van der Waals surface area contributed by atoms with Gasteiger partial charge in [0.1, 0.15) is 11.5 Å². The molecule has 41 heavy (non-hydrogen) atoms. The molecule has 1 saturated carbocycles. The molecule has 1 aromatic heterocycles. The molecule has 212 valence electrons. The highest BCUT2D eigenvalue weighted by Crippen LogP contribution is 2.54. The van der Waals surface area contributed by atoms with Crippen LogP contribution in [-0.4, -0.2) is 35.6 Å². The quantitative estimate of drug-likeness (QED) is 0.272. The van der Waals surface area contributed by atoms with E-state index in [9.17, 15) is 0 Å². The van der Waals surface area contributed by atoms with E-state index in [1.807, 2.05) is 6.20 Å². The fourth-order valence-corrected chi connectivity index (χ4v) is 7.79. The Balaban J connectivity index is 1.17. The fourth-order valence-electron chi connectivity index (χ4n) is 7.79. The van der Waals surface area contributed by atoms with Gasteiger partial charge in [-0.3, -0.25) is 0 Å². The molecule has 0 radical (unpaired) electrons. The van der Waals surface area contributed by atoms with Gasteiger partial charge in [-0.15, -0.1) is 0 Å². The van der Waals surface area contributed by atoms with Crippen LogP contribution in [0.1, 0.15) is 97.6 Å². The smallest absolute Gasteiger partial charge is 0.124 e. The zero-order valence-corrected chi connectivity index (χ0v) is 24.0. The number of hydrogen-bond acceptors (Lipinski definition) is 5. The molecule has 2 atom stereocenters. The minimum absolute atomic E-state index is 0.300. The number of imidazole rings is 1. The van der Waals surface area contributed by atoms with E-state index in [4.69, 9.17) is 5.73 Å². The summed E-state index contributed by atoms with van der Waals surface area (Å²) in [5, 5.41) is 10.6. The number of aromatic amines is 1. The summed E-state index contributed by atoms with van der Waals surface area (Å²) in [4.78, 5) is 8.07. The molecule has 7 rings (SSSR count). The van der Waals surface area contributed by atoms with Crippen LogP contribution in [-0.2, 0) is 11.8 Å². The molecule has 6 heteroatoms. The molecule has 0 bridgehead atoms. The molecule has 4 aliphatic rings. The maximum Gasteiger partial charge on any atom is 0.124 e. The summed E-state index contributed by atoms with van der Waals surface area (Å²) < 4.78 is 0. The summed E-state index contributed by atoms with van der Waals surface area (Å²) in [7, 11) is 0. The highest BCUT2D eigenvalue weighted by Gasteiger charge is 2.43. The second-order valence-electron chi connectivity index (χ2n) is 12.4. The Bertz CT molecular complexity index is 1470. The lowest BCUT2D eigenvalue weighted by Crippen LogP contribution is -2.33. The van der Waals surface area contributed by atoms with Crippen molar-refractivity contribution in [3.8, 4) is 23.0 Å². The van der Waals surface area contributed by atoms with Crippen molar-refractivity contribution in [2.24, 2.45) is 5.73 Å². The maximum atomic E-state index is 6.04. The molecule has 6 nitrogen and oxygen atoms in total. The molecule has 6 N–H and O–H groups in total. The number of nitrogens with zero attached hydrogens (tertiary/aromatic N) is 1. The van der Waals surface area contributed by atoms with Gasteiger partial charge in [0, 0.05) is 24.4 Å². The molecule has 1 spiro atoms. The van der Waals surface area contributed by atoms with Gasteiger partial charge in [-0.25, -0.2) is 4.98 Å². The third kappa shape index (κ3) is 5.18. The van der Waals surface area contributed by atoms with Crippen LogP contribution in [0.25, 0.3) is 16.8 Å². The standard InChI is InChI=1S/C35H42N6/c36-21-32(39-22-27-5-3-19-37-27)26-9-7-24(8-10-26)29-14-12-25(30-15-18-35(33(29)30)16-1-2-17-35)11-13-28-23-40-34(41-28)31-6-4-20-38-31/h7-10,12,14,21,23,27,31,37-39H,1-6,15-20,22,36H2,(H,40,41)/b32-21-/t27-,31-/m0/s1. The predicted octanol–water partition coefficient (Wildman–Crippen LogP) is 5.26. The van der Waals surface area contributed by atoms with E-state index in [0.29, 0.717) is 17.5 Å².